The van der Waals surface area contributed by atoms with Gasteiger partial charge in [0.2, 0.25) is 0 Å². The molecule has 2 aromatic rings. The van der Waals surface area contributed by atoms with Crippen LogP contribution in [0.3, 0.4) is 0 Å². The molecule has 0 unspecified atom stereocenters. The van der Waals surface area contributed by atoms with Crippen LogP contribution in [-0.4, -0.2) is 19.7 Å². The summed E-state index contributed by atoms with van der Waals surface area (Å²) in [5, 5.41) is 13.6. The molecule has 1 N–H and O–H groups in total. The van der Waals surface area contributed by atoms with Gasteiger partial charge in [-0.1, -0.05) is 11.6 Å². The van der Waals surface area contributed by atoms with Gasteiger partial charge in [-0.25, -0.2) is 9.50 Å². The van der Waals surface area contributed by atoms with Crippen LogP contribution in [-0.2, 0) is 6.42 Å². The van der Waals surface area contributed by atoms with Crippen LogP contribution < -0.4 is 0 Å². The number of aromatic nitrogens is 3. The Bertz CT molecular complexity index is 519. The summed E-state index contributed by atoms with van der Waals surface area (Å²) >= 11 is 5.77. The highest BCUT2D eigenvalue weighted by Gasteiger charge is 2.23. The van der Waals surface area contributed by atoms with Crippen molar-refractivity contribution < 1.29 is 5.11 Å². The Morgan fingerprint density at radius 3 is 3.07 bits per heavy atom. The maximum atomic E-state index is 9.37. The quantitative estimate of drug-likeness (QED) is 0.793. The lowest BCUT2D eigenvalue weighted by Crippen LogP contribution is -1.93. The normalized spacial score (nSPS) is 16.1. The van der Waals surface area contributed by atoms with Gasteiger partial charge in [0.1, 0.15) is 0 Å². The maximum Gasteiger partial charge on any atom is 0.174 e. The molecule has 2 aromatic heterocycles. The van der Waals surface area contributed by atoms with Crippen LogP contribution in [0.25, 0.3) is 5.65 Å². The van der Waals surface area contributed by atoms with E-state index in [0.717, 1.165) is 23.5 Å². The first-order valence-corrected chi connectivity index (χ1v) is 5.33. The molecular weight excluding hydrogens is 214 g/mol. The summed E-state index contributed by atoms with van der Waals surface area (Å²) in [4.78, 5) is 4.13. The zero-order chi connectivity index (χ0) is 10.4. The molecule has 0 radical (unpaired) electrons. The first-order valence-electron chi connectivity index (χ1n) is 4.96. The fourth-order valence-electron chi connectivity index (χ4n) is 1.71. The second kappa shape index (κ2) is 3.10. The minimum atomic E-state index is -0.0368. The van der Waals surface area contributed by atoms with Crippen molar-refractivity contribution in [3.8, 4) is 5.75 Å². The smallest absolute Gasteiger partial charge is 0.174 e. The number of aromatic hydroxyl groups is 1. The van der Waals surface area contributed by atoms with E-state index in [2.05, 4.69) is 10.1 Å². The molecule has 4 nitrogen and oxygen atoms in total. The third kappa shape index (κ3) is 1.55. The molecule has 0 amide bonds. The summed E-state index contributed by atoms with van der Waals surface area (Å²) in [6.45, 7) is 0. The molecule has 0 atom stereocenters. The van der Waals surface area contributed by atoms with Crippen LogP contribution >= 0.6 is 11.6 Å². The predicted octanol–water partition coefficient (Wildman–Crippen LogP) is 2.04. The molecule has 0 saturated heterocycles. The highest BCUT2D eigenvalue weighted by Crippen LogP contribution is 2.33. The van der Waals surface area contributed by atoms with Crippen LogP contribution in [0.5, 0.6) is 5.75 Å². The minimum absolute atomic E-state index is 0.0368. The van der Waals surface area contributed by atoms with Gasteiger partial charge in [0.05, 0.1) is 12.4 Å². The maximum absolute atomic E-state index is 9.37. The molecule has 1 aliphatic carbocycles. The van der Waals surface area contributed by atoms with Crippen molar-refractivity contribution in [2.24, 2.45) is 5.92 Å². The molecule has 1 fully saturated rings. The van der Waals surface area contributed by atoms with Gasteiger partial charge in [-0.05, 0) is 25.2 Å². The number of halogens is 1. The topological polar surface area (TPSA) is 50.4 Å². The number of hydrogen-bond donors (Lipinski definition) is 1. The molecule has 0 aliphatic heterocycles. The lowest BCUT2D eigenvalue weighted by molar-refractivity contribution is 0.468. The Morgan fingerprint density at radius 2 is 2.33 bits per heavy atom. The van der Waals surface area contributed by atoms with Crippen molar-refractivity contribution in [3.05, 3.63) is 23.1 Å². The van der Waals surface area contributed by atoms with E-state index < -0.39 is 0 Å². The molecule has 0 bridgehead atoms. The van der Waals surface area contributed by atoms with Crippen molar-refractivity contribution in [2.45, 2.75) is 19.3 Å². The van der Waals surface area contributed by atoms with Crippen LogP contribution in [0.2, 0.25) is 5.15 Å². The van der Waals surface area contributed by atoms with Crippen molar-refractivity contribution in [3.63, 3.8) is 0 Å². The van der Waals surface area contributed by atoms with Crippen molar-refractivity contribution in [1.82, 2.24) is 14.6 Å². The first-order chi connectivity index (χ1) is 7.24. The zero-order valence-corrected chi connectivity index (χ0v) is 8.78. The molecule has 0 spiro atoms. The molecule has 78 valence electrons. The number of fused-ring (bicyclic) bond motifs is 1. The lowest BCUT2D eigenvalue weighted by Gasteiger charge is -1.99. The third-order valence-corrected chi connectivity index (χ3v) is 2.99. The number of rotatable bonds is 2. The minimum Gasteiger partial charge on any atom is -0.504 e. The SMILES string of the molecule is Oc1cn2ncc(CC3CC3)c2nc1Cl. The fourth-order valence-corrected chi connectivity index (χ4v) is 1.83. The summed E-state index contributed by atoms with van der Waals surface area (Å²) < 4.78 is 1.57. The Labute approximate surface area is 91.5 Å². The van der Waals surface area contributed by atoms with E-state index in [1.165, 1.54) is 19.0 Å². The van der Waals surface area contributed by atoms with Gasteiger partial charge in [-0.2, -0.15) is 5.10 Å². The van der Waals surface area contributed by atoms with Crippen LogP contribution in [0.1, 0.15) is 18.4 Å². The largest absolute Gasteiger partial charge is 0.504 e. The van der Waals surface area contributed by atoms with Gasteiger partial charge in [0.15, 0.2) is 16.5 Å². The van der Waals surface area contributed by atoms with E-state index >= 15 is 0 Å². The summed E-state index contributed by atoms with van der Waals surface area (Å²) in [6.07, 6.45) is 6.89. The predicted molar refractivity (Wildman–Crippen MR) is 56.1 cm³/mol. The highest BCUT2D eigenvalue weighted by atomic mass is 35.5. The van der Waals surface area contributed by atoms with Gasteiger partial charge in [0.25, 0.3) is 0 Å². The third-order valence-electron chi connectivity index (χ3n) is 2.71. The Hall–Kier alpha value is -1.29. The average molecular weight is 224 g/mol. The molecular formula is C10H10ClN3O. The van der Waals surface area contributed by atoms with E-state index in [1.807, 2.05) is 0 Å². The Morgan fingerprint density at radius 1 is 1.53 bits per heavy atom. The summed E-state index contributed by atoms with van der Waals surface area (Å²) in [7, 11) is 0. The van der Waals surface area contributed by atoms with Crippen LogP contribution in [0.15, 0.2) is 12.4 Å². The van der Waals surface area contributed by atoms with Gasteiger partial charge in [0, 0.05) is 5.56 Å². The molecule has 2 heterocycles. The van der Waals surface area contributed by atoms with Crippen LogP contribution in [0.4, 0.5) is 0 Å². The summed E-state index contributed by atoms with van der Waals surface area (Å²) in [6, 6.07) is 0. The molecule has 0 aromatic carbocycles. The van der Waals surface area contributed by atoms with Gasteiger partial charge in [-0.15, -0.1) is 0 Å². The first kappa shape index (κ1) is 8.97. The lowest BCUT2D eigenvalue weighted by atomic mass is 10.2. The molecule has 5 heteroatoms. The van der Waals surface area contributed by atoms with E-state index in [0.29, 0.717) is 0 Å². The van der Waals surface area contributed by atoms with E-state index in [1.54, 1.807) is 10.7 Å². The Balaban J connectivity index is 2.10. The molecule has 15 heavy (non-hydrogen) atoms. The number of hydrogen-bond acceptors (Lipinski definition) is 3. The molecule has 1 aliphatic rings. The fraction of sp³-hybridized carbons (Fsp3) is 0.400. The monoisotopic (exact) mass is 223 g/mol. The Kier molecular flexibility index (Phi) is 1.85. The highest BCUT2D eigenvalue weighted by molar-refractivity contribution is 6.30. The molecule has 1 saturated carbocycles. The number of nitrogens with zero attached hydrogens (tertiary/aromatic N) is 3. The van der Waals surface area contributed by atoms with E-state index in [4.69, 9.17) is 11.6 Å². The van der Waals surface area contributed by atoms with Crippen molar-refractivity contribution in [2.75, 3.05) is 0 Å². The zero-order valence-electron chi connectivity index (χ0n) is 8.02. The van der Waals surface area contributed by atoms with E-state index in [9.17, 15) is 5.11 Å². The van der Waals surface area contributed by atoms with Gasteiger partial charge in [-0.3, -0.25) is 0 Å². The van der Waals surface area contributed by atoms with Crippen LogP contribution in [0, 0.1) is 5.92 Å². The van der Waals surface area contributed by atoms with Crippen molar-refractivity contribution in [1.29, 1.82) is 0 Å². The second-order valence-electron chi connectivity index (χ2n) is 4.00. The second-order valence-corrected chi connectivity index (χ2v) is 4.36. The molecule has 3 rings (SSSR count). The van der Waals surface area contributed by atoms with Crippen molar-refractivity contribution >= 4 is 17.2 Å². The average Bonchev–Trinajstić information content (AvgIpc) is 2.94. The van der Waals surface area contributed by atoms with Gasteiger partial charge < -0.3 is 5.11 Å². The van der Waals surface area contributed by atoms with E-state index in [-0.39, 0.29) is 10.9 Å². The summed E-state index contributed by atoms with van der Waals surface area (Å²) in [5.74, 6) is 0.748. The van der Waals surface area contributed by atoms with Gasteiger partial charge >= 0.3 is 0 Å². The standard InChI is InChI=1S/C10H10ClN3O/c11-9-8(15)5-14-10(13-9)7(4-12-14)3-6-1-2-6/h4-6,15H,1-3H2. The summed E-state index contributed by atoms with van der Waals surface area (Å²) in [5.41, 5.74) is 1.86.